The Bertz CT molecular complexity index is 705. The molecule has 0 N–H and O–H groups in total. The molecule has 2 rings (SSSR count). The summed E-state index contributed by atoms with van der Waals surface area (Å²) >= 11 is 0. The van der Waals surface area contributed by atoms with Crippen LogP contribution in [-0.4, -0.2) is 4.92 Å². The van der Waals surface area contributed by atoms with Gasteiger partial charge in [-0.3, -0.25) is 10.1 Å². The average molecular weight is 297 g/mol. The summed E-state index contributed by atoms with van der Waals surface area (Å²) in [6, 6.07) is 11.9. The van der Waals surface area contributed by atoms with Crippen molar-refractivity contribution in [3.63, 3.8) is 0 Å². The lowest BCUT2D eigenvalue weighted by atomic mass is 9.86. The molecule has 0 spiro atoms. The summed E-state index contributed by atoms with van der Waals surface area (Å²) in [4.78, 5) is 11.1. The molecular formula is C19H23NO2. The van der Waals surface area contributed by atoms with Gasteiger partial charge >= 0.3 is 0 Å². The molecule has 0 amide bonds. The van der Waals surface area contributed by atoms with E-state index in [2.05, 4.69) is 39.0 Å². The van der Waals surface area contributed by atoms with Crippen molar-refractivity contribution >= 4 is 5.69 Å². The van der Waals surface area contributed by atoms with Crippen molar-refractivity contribution in [2.24, 2.45) is 0 Å². The maximum Gasteiger partial charge on any atom is 0.273 e. The molecule has 2 aromatic rings. The van der Waals surface area contributed by atoms with Gasteiger partial charge in [0.25, 0.3) is 5.69 Å². The van der Waals surface area contributed by atoms with E-state index in [0.717, 1.165) is 16.7 Å². The summed E-state index contributed by atoms with van der Waals surface area (Å²) in [5.74, 6) is 0.485. The molecule has 2 aromatic carbocycles. The molecule has 3 nitrogen and oxygen atoms in total. The first-order chi connectivity index (χ1) is 10.3. The van der Waals surface area contributed by atoms with Gasteiger partial charge in [-0.2, -0.15) is 0 Å². The lowest BCUT2D eigenvalue weighted by Gasteiger charge is -2.17. The fourth-order valence-electron chi connectivity index (χ4n) is 2.89. The normalized spacial score (nSPS) is 12.5. The third-order valence-corrected chi connectivity index (χ3v) is 4.28. The minimum absolute atomic E-state index is 0.00205. The Morgan fingerprint density at radius 1 is 0.955 bits per heavy atom. The largest absolute Gasteiger partial charge is 0.273 e. The fourth-order valence-corrected chi connectivity index (χ4v) is 2.89. The monoisotopic (exact) mass is 297 g/mol. The van der Waals surface area contributed by atoms with Crippen molar-refractivity contribution in [3.05, 3.63) is 74.3 Å². The maximum absolute atomic E-state index is 11.3. The molecule has 3 heteroatoms. The standard InChI is InChI=1S/C19H23NO2/c1-12(2)16-7-9-17(14(4)11-16)15(5)18-8-6-13(3)10-19(18)20(21)22/h6-12,15H,1-5H3. The molecule has 116 valence electrons. The maximum atomic E-state index is 11.3. The van der Waals surface area contributed by atoms with Crippen LogP contribution >= 0.6 is 0 Å². The van der Waals surface area contributed by atoms with Crippen LogP contribution in [0.5, 0.6) is 0 Å². The second kappa shape index (κ2) is 6.30. The van der Waals surface area contributed by atoms with Crippen molar-refractivity contribution in [1.29, 1.82) is 0 Å². The second-order valence-electron chi connectivity index (χ2n) is 6.31. The molecule has 0 bridgehead atoms. The molecular weight excluding hydrogens is 274 g/mol. The average Bonchev–Trinajstić information content (AvgIpc) is 2.46. The zero-order chi connectivity index (χ0) is 16.4. The Morgan fingerprint density at radius 3 is 2.14 bits per heavy atom. The summed E-state index contributed by atoms with van der Waals surface area (Å²) < 4.78 is 0. The minimum atomic E-state index is -0.281. The highest BCUT2D eigenvalue weighted by atomic mass is 16.6. The van der Waals surface area contributed by atoms with Crippen LogP contribution in [0.3, 0.4) is 0 Å². The number of aryl methyl sites for hydroxylation is 2. The zero-order valence-corrected chi connectivity index (χ0v) is 13.9. The van der Waals surface area contributed by atoms with E-state index in [4.69, 9.17) is 0 Å². The van der Waals surface area contributed by atoms with Crippen LogP contribution < -0.4 is 0 Å². The Labute approximate surface area is 132 Å². The van der Waals surface area contributed by atoms with Gasteiger partial charge in [0.2, 0.25) is 0 Å². The van der Waals surface area contributed by atoms with Gasteiger partial charge in [-0.25, -0.2) is 0 Å². The van der Waals surface area contributed by atoms with Gasteiger partial charge in [0.1, 0.15) is 0 Å². The number of rotatable bonds is 4. The quantitative estimate of drug-likeness (QED) is 0.553. The molecule has 0 aliphatic carbocycles. The van der Waals surface area contributed by atoms with E-state index in [1.807, 2.05) is 26.0 Å². The van der Waals surface area contributed by atoms with Crippen molar-refractivity contribution in [2.45, 2.75) is 46.5 Å². The number of hydrogen-bond donors (Lipinski definition) is 0. The highest BCUT2D eigenvalue weighted by Crippen LogP contribution is 2.34. The van der Waals surface area contributed by atoms with Crippen LogP contribution in [0.4, 0.5) is 5.69 Å². The second-order valence-corrected chi connectivity index (χ2v) is 6.31. The van der Waals surface area contributed by atoms with Gasteiger partial charge in [0.15, 0.2) is 0 Å². The minimum Gasteiger partial charge on any atom is -0.258 e. The first kappa shape index (κ1) is 16.2. The van der Waals surface area contributed by atoms with Crippen LogP contribution in [0.25, 0.3) is 0 Å². The third-order valence-electron chi connectivity index (χ3n) is 4.28. The van der Waals surface area contributed by atoms with Crippen LogP contribution in [0.15, 0.2) is 36.4 Å². The molecule has 1 unspecified atom stereocenters. The fraction of sp³-hybridized carbons (Fsp3) is 0.368. The number of nitro benzene ring substituents is 1. The lowest BCUT2D eigenvalue weighted by Crippen LogP contribution is -2.04. The summed E-state index contributed by atoms with van der Waals surface area (Å²) in [5.41, 5.74) is 5.53. The summed E-state index contributed by atoms with van der Waals surface area (Å²) in [5, 5.41) is 11.3. The van der Waals surface area contributed by atoms with E-state index < -0.39 is 0 Å². The molecule has 0 aliphatic heterocycles. The van der Waals surface area contributed by atoms with E-state index in [9.17, 15) is 10.1 Å². The van der Waals surface area contributed by atoms with Gasteiger partial charge in [0, 0.05) is 17.5 Å². The van der Waals surface area contributed by atoms with Crippen LogP contribution in [-0.2, 0) is 0 Å². The Morgan fingerprint density at radius 2 is 1.59 bits per heavy atom. The predicted molar refractivity (Wildman–Crippen MR) is 90.6 cm³/mol. The molecule has 1 atom stereocenters. The van der Waals surface area contributed by atoms with Gasteiger partial charge in [0.05, 0.1) is 4.92 Å². The van der Waals surface area contributed by atoms with Crippen LogP contribution in [0.2, 0.25) is 0 Å². The summed E-state index contributed by atoms with van der Waals surface area (Å²) in [7, 11) is 0. The molecule has 0 fully saturated rings. The van der Waals surface area contributed by atoms with Crippen LogP contribution in [0.1, 0.15) is 60.4 Å². The van der Waals surface area contributed by atoms with Crippen LogP contribution in [0, 0.1) is 24.0 Å². The molecule has 0 aliphatic rings. The number of nitro groups is 1. The number of benzene rings is 2. The van der Waals surface area contributed by atoms with E-state index in [1.165, 1.54) is 11.1 Å². The van der Waals surface area contributed by atoms with Crippen molar-refractivity contribution in [2.75, 3.05) is 0 Å². The first-order valence-electron chi connectivity index (χ1n) is 7.66. The highest BCUT2D eigenvalue weighted by molar-refractivity contribution is 5.50. The Kier molecular flexibility index (Phi) is 4.65. The van der Waals surface area contributed by atoms with E-state index in [1.54, 1.807) is 6.07 Å². The number of hydrogen-bond acceptors (Lipinski definition) is 2. The molecule has 0 saturated heterocycles. The third kappa shape index (κ3) is 3.19. The summed E-state index contributed by atoms with van der Waals surface area (Å²) in [6.07, 6.45) is 0. The SMILES string of the molecule is Cc1ccc(C(C)c2ccc(C(C)C)cc2C)c([N+](=O)[O-])c1. The van der Waals surface area contributed by atoms with E-state index in [0.29, 0.717) is 5.92 Å². The Hall–Kier alpha value is -2.16. The van der Waals surface area contributed by atoms with Gasteiger partial charge < -0.3 is 0 Å². The molecule has 0 heterocycles. The van der Waals surface area contributed by atoms with E-state index >= 15 is 0 Å². The molecule has 0 saturated carbocycles. The van der Waals surface area contributed by atoms with Gasteiger partial charge in [-0.1, -0.05) is 51.1 Å². The first-order valence-corrected chi connectivity index (χ1v) is 7.66. The molecule has 0 aromatic heterocycles. The molecule has 22 heavy (non-hydrogen) atoms. The predicted octanol–water partition coefficient (Wildman–Crippen LogP) is 5.49. The van der Waals surface area contributed by atoms with Crippen molar-refractivity contribution in [1.82, 2.24) is 0 Å². The Balaban J connectivity index is 2.49. The van der Waals surface area contributed by atoms with Gasteiger partial charge in [-0.05, 0) is 42.0 Å². The summed E-state index contributed by atoms with van der Waals surface area (Å²) in [6.45, 7) is 10.3. The highest BCUT2D eigenvalue weighted by Gasteiger charge is 2.21. The molecule has 0 radical (unpaired) electrons. The van der Waals surface area contributed by atoms with Gasteiger partial charge in [-0.15, -0.1) is 0 Å². The zero-order valence-electron chi connectivity index (χ0n) is 13.9. The lowest BCUT2D eigenvalue weighted by molar-refractivity contribution is -0.385. The van der Waals surface area contributed by atoms with Crippen molar-refractivity contribution in [3.8, 4) is 0 Å². The van der Waals surface area contributed by atoms with E-state index in [-0.39, 0.29) is 16.5 Å². The van der Waals surface area contributed by atoms with Crippen molar-refractivity contribution < 1.29 is 4.92 Å². The smallest absolute Gasteiger partial charge is 0.258 e. The topological polar surface area (TPSA) is 43.1 Å². The number of nitrogens with zero attached hydrogens (tertiary/aromatic N) is 1.